The SMILES string of the molecule is CN=Cc1cc(-c2ccc3nc(N4CCC(N(C)C)CC4)ccc3n2)c(O)cc1N. The molecule has 1 aliphatic heterocycles. The Balaban J connectivity index is 1.62. The lowest BCUT2D eigenvalue weighted by atomic mass is 10.0. The van der Waals surface area contributed by atoms with Crippen LogP contribution in [0.4, 0.5) is 11.5 Å². The predicted molar refractivity (Wildman–Crippen MR) is 123 cm³/mol. The fourth-order valence-electron chi connectivity index (χ4n) is 4.01. The van der Waals surface area contributed by atoms with Crippen molar-refractivity contribution in [3.8, 4) is 17.0 Å². The summed E-state index contributed by atoms with van der Waals surface area (Å²) in [5, 5.41) is 10.4. The van der Waals surface area contributed by atoms with E-state index < -0.39 is 0 Å². The van der Waals surface area contributed by atoms with Crippen molar-refractivity contribution in [1.82, 2.24) is 14.9 Å². The molecule has 2 aromatic heterocycles. The minimum absolute atomic E-state index is 0.0981. The molecule has 30 heavy (non-hydrogen) atoms. The molecule has 0 radical (unpaired) electrons. The quantitative estimate of drug-likeness (QED) is 0.513. The fraction of sp³-hybridized carbons (Fsp3) is 0.348. The summed E-state index contributed by atoms with van der Waals surface area (Å²) in [7, 11) is 5.98. The number of rotatable bonds is 4. The maximum absolute atomic E-state index is 10.4. The van der Waals surface area contributed by atoms with Gasteiger partial charge < -0.3 is 20.6 Å². The lowest BCUT2D eigenvalue weighted by Gasteiger charge is -2.35. The maximum Gasteiger partial charge on any atom is 0.129 e. The molecule has 0 amide bonds. The van der Waals surface area contributed by atoms with Crippen molar-refractivity contribution in [1.29, 1.82) is 0 Å². The number of phenolic OH excluding ortho intramolecular Hbond substituents is 1. The van der Waals surface area contributed by atoms with E-state index >= 15 is 0 Å². The number of phenols is 1. The molecule has 0 atom stereocenters. The number of hydrogen-bond donors (Lipinski definition) is 2. The zero-order chi connectivity index (χ0) is 21.3. The second kappa shape index (κ2) is 8.28. The van der Waals surface area contributed by atoms with Crippen LogP contribution in [0.2, 0.25) is 0 Å². The Labute approximate surface area is 176 Å². The van der Waals surface area contributed by atoms with Gasteiger partial charge >= 0.3 is 0 Å². The summed E-state index contributed by atoms with van der Waals surface area (Å²) in [4.78, 5) is 18.2. The fourth-order valence-corrected chi connectivity index (χ4v) is 4.01. The van der Waals surface area contributed by atoms with Crippen LogP contribution in [-0.2, 0) is 0 Å². The van der Waals surface area contributed by atoms with Gasteiger partial charge in [0, 0.05) is 55.3 Å². The van der Waals surface area contributed by atoms with Gasteiger partial charge in [-0.1, -0.05) is 0 Å². The molecule has 1 fully saturated rings. The van der Waals surface area contributed by atoms with Gasteiger partial charge in [-0.05, 0) is 57.3 Å². The third-order valence-electron chi connectivity index (χ3n) is 5.79. The molecule has 3 heterocycles. The van der Waals surface area contributed by atoms with E-state index in [4.69, 9.17) is 15.7 Å². The van der Waals surface area contributed by atoms with Crippen LogP contribution >= 0.6 is 0 Å². The van der Waals surface area contributed by atoms with Crippen LogP contribution in [0.1, 0.15) is 18.4 Å². The molecule has 4 rings (SSSR count). The Kier molecular flexibility index (Phi) is 5.55. The molecule has 0 spiro atoms. The number of pyridine rings is 2. The van der Waals surface area contributed by atoms with Crippen LogP contribution in [-0.4, -0.2) is 66.5 Å². The van der Waals surface area contributed by atoms with Gasteiger partial charge in [0.05, 0.1) is 16.7 Å². The van der Waals surface area contributed by atoms with Crippen molar-refractivity contribution >= 4 is 28.8 Å². The summed E-state index contributed by atoms with van der Waals surface area (Å²) < 4.78 is 0. The molecular formula is C23H28N6O. The van der Waals surface area contributed by atoms with Gasteiger partial charge in [-0.15, -0.1) is 0 Å². The first kappa shape index (κ1) is 20.1. The van der Waals surface area contributed by atoms with Crippen LogP contribution in [0.5, 0.6) is 5.75 Å². The Morgan fingerprint density at radius 3 is 2.50 bits per heavy atom. The van der Waals surface area contributed by atoms with Crippen molar-refractivity contribution in [2.24, 2.45) is 4.99 Å². The highest BCUT2D eigenvalue weighted by Crippen LogP contribution is 2.33. The molecule has 156 valence electrons. The van der Waals surface area contributed by atoms with Gasteiger partial charge in [-0.3, -0.25) is 4.99 Å². The number of fused-ring (bicyclic) bond motifs is 1. The van der Waals surface area contributed by atoms with Crippen LogP contribution in [0.3, 0.4) is 0 Å². The molecule has 3 aromatic rings. The number of aromatic nitrogens is 2. The number of benzene rings is 1. The van der Waals surface area contributed by atoms with Gasteiger partial charge in [0.25, 0.3) is 0 Å². The molecule has 0 bridgehead atoms. The van der Waals surface area contributed by atoms with Gasteiger partial charge in [0.15, 0.2) is 0 Å². The molecule has 7 nitrogen and oxygen atoms in total. The number of piperidine rings is 1. The smallest absolute Gasteiger partial charge is 0.129 e. The highest BCUT2D eigenvalue weighted by Gasteiger charge is 2.21. The maximum atomic E-state index is 10.4. The van der Waals surface area contributed by atoms with Crippen molar-refractivity contribution in [2.45, 2.75) is 18.9 Å². The van der Waals surface area contributed by atoms with Crippen molar-refractivity contribution in [3.63, 3.8) is 0 Å². The number of anilines is 2. The van der Waals surface area contributed by atoms with E-state index in [0.29, 0.717) is 23.0 Å². The summed E-state index contributed by atoms with van der Waals surface area (Å²) >= 11 is 0. The van der Waals surface area contributed by atoms with Crippen LogP contribution in [0.25, 0.3) is 22.3 Å². The first-order chi connectivity index (χ1) is 14.5. The molecule has 0 saturated carbocycles. The second-order valence-corrected chi connectivity index (χ2v) is 7.97. The zero-order valence-corrected chi connectivity index (χ0v) is 17.7. The van der Waals surface area contributed by atoms with E-state index in [1.165, 1.54) is 6.07 Å². The van der Waals surface area contributed by atoms with Crippen LogP contribution in [0.15, 0.2) is 41.4 Å². The second-order valence-electron chi connectivity index (χ2n) is 7.97. The van der Waals surface area contributed by atoms with Crippen LogP contribution < -0.4 is 10.6 Å². The van der Waals surface area contributed by atoms with E-state index in [1.807, 2.05) is 30.3 Å². The van der Waals surface area contributed by atoms with Gasteiger partial charge in [0.2, 0.25) is 0 Å². The van der Waals surface area contributed by atoms with Crippen molar-refractivity contribution in [2.75, 3.05) is 44.9 Å². The molecule has 1 aromatic carbocycles. The number of hydrogen-bond acceptors (Lipinski definition) is 7. The largest absolute Gasteiger partial charge is 0.507 e. The average Bonchev–Trinajstić information content (AvgIpc) is 2.75. The number of nitrogens with two attached hydrogens (primary N) is 1. The third-order valence-corrected chi connectivity index (χ3v) is 5.79. The van der Waals surface area contributed by atoms with Gasteiger partial charge in [-0.25, -0.2) is 9.97 Å². The minimum atomic E-state index is 0.0981. The average molecular weight is 405 g/mol. The molecular weight excluding hydrogens is 376 g/mol. The molecule has 1 saturated heterocycles. The standard InChI is InChI=1S/C23H28N6O/c1-25-14-15-12-17(22(30)13-18(15)24)19-4-5-21-20(26-19)6-7-23(27-21)29-10-8-16(9-11-29)28(2)3/h4-7,12-14,16,30H,8-11,24H2,1-3H3. The molecule has 3 N–H and O–H groups in total. The minimum Gasteiger partial charge on any atom is -0.507 e. The molecule has 1 aliphatic rings. The molecule has 0 unspecified atom stereocenters. The highest BCUT2D eigenvalue weighted by atomic mass is 16.3. The van der Waals surface area contributed by atoms with Crippen molar-refractivity contribution in [3.05, 3.63) is 42.0 Å². The monoisotopic (exact) mass is 404 g/mol. The lowest BCUT2D eigenvalue weighted by molar-refractivity contribution is 0.249. The molecule has 0 aliphatic carbocycles. The molecule has 7 heteroatoms. The number of nitrogen functional groups attached to an aromatic ring is 1. The Hall–Kier alpha value is -3.19. The number of aliphatic imine (C=N–C) groups is 1. The van der Waals surface area contributed by atoms with Crippen molar-refractivity contribution < 1.29 is 5.11 Å². The third kappa shape index (κ3) is 3.93. The first-order valence-corrected chi connectivity index (χ1v) is 10.2. The number of nitrogens with zero attached hydrogens (tertiary/aromatic N) is 5. The lowest BCUT2D eigenvalue weighted by Crippen LogP contribution is -2.42. The summed E-state index contributed by atoms with van der Waals surface area (Å²) in [5.74, 6) is 1.09. The Morgan fingerprint density at radius 2 is 1.80 bits per heavy atom. The number of aromatic hydroxyl groups is 1. The van der Waals surface area contributed by atoms with E-state index in [-0.39, 0.29) is 5.75 Å². The van der Waals surface area contributed by atoms with E-state index in [9.17, 15) is 5.11 Å². The Morgan fingerprint density at radius 1 is 1.10 bits per heavy atom. The zero-order valence-electron chi connectivity index (χ0n) is 17.7. The van der Waals surface area contributed by atoms with Gasteiger partial charge in [-0.2, -0.15) is 0 Å². The highest BCUT2D eigenvalue weighted by molar-refractivity contribution is 5.91. The topological polar surface area (TPSA) is 90.9 Å². The Bertz CT molecular complexity index is 1090. The summed E-state index contributed by atoms with van der Waals surface area (Å²) in [6, 6.07) is 11.9. The summed E-state index contributed by atoms with van der Waals surface area (Å²) in [6.45, 7) is 2.02. The summed E-state index contributed by atoms with van der Waals surface area (Å²) in [5.41, 5.74) is 10.1. The van der Waals surface area contributed by atoms with Gasteiger partial charge in [0.1, 0.15) is 11.6 Å². The van der Waals surface area contributed by atoms with E-state index in [1.54, 1.807) is 13.3 Å². The van der Waals surface area contributed by atoms with Crippen LogP contribution in [0, 0.1) is 0 Å². The summed E-state index contributed by atoms with van der Waals surface area (Å²) in [6.07, 6.45) is 3.96. The predicted octanol–water partition coefficient (Wildman–Crippen LogP) is 3.16. The van der Waals surface area contributed by atoms with E-state index in [0.717, 1.165) is 48.3 Å². The van der Waals surface area contributed by atoms with E-state index in [2.05, 4.69) is 28.9 Å². The first-order valence-electron chi connectivity index (χ1n) is 10.2. The normalized spacial score (nSPS) is 15.5.